The van der Waals surface area contributed by atoms with Crippen molar-refractivity contribution in [1.29, 1.82) is 0 Å². The van der Waals surface area contributed by atoms with E-state index in [0.717, 1.165) is 17.0 Å². The van der Waals surface area contributed by atoms with Gasteiger partial charge in [-0.1, -0.05) is 45.4 Å². The largest absolute Gasteiger partial charge is 0.415 e. The third-order valence-electron chi connectivity index (χ3n) is 5.71. The van der Waals surface area contributed by atoms with Gasteiger partial charge in [0.2, 0.25) is 0 Å². The number of ether oxygens (including phenoxy) is 1. The lowest BCUT2D eigenvalue weighted by Gasteiger charge is -2.30. The van der Waals surface area contributed by atoms with Gasteiger partial charge in [-0.05, 0) is 32.1 Å². The van der Waals surface area contributed by atoms with Gasteiger partial charge in [0, 0.05) is 6.20 Å². The second-order valence-corrected chi connectivity index (χ2v) is 13.1. The van der Waals surface area contributed by atoms with Gasteiger partial charge in [-0.25, -0.2) is 4.79 Å². The van der Waals surface area contributed by atoms with Gasteiger partial charge >= 0.3 is 5.69 Å². The van der Waals surface area contributed by atoms with Crippen LogP contribution in [-0.2, 0) is 9.16 Å². The van der Waals surface area contributed by atoms with E-state index in [2.05, 4.69) is 25.0 Å². The van der Waals surface area contributed by atoms with Crippen LogP contribution in [0, 0.1) is 0 Å². The highest BCUT2D eigenvalue weighted by molar-refractivity contribution is 6.71. The number of rotatable bonds is 11. The predicted octanol–water partition coefficient (Wildman–Crippen LogP) is 2.42. The van der Waals surface area contributed by atoms with Crippen molar-refractivity contribution in [3.8, 4) is 0 Å². The monoisotopic (exact) mass is 427 g/mol. The zero-order valence-electron chi connectivity index (χ0n) is 18.1. The first kappa shape index (κ1) is 24.0. The topological polar surface area (TPSA) is 120 Å². The van der Waals surface area contributed by atoms with Crippen LogP contribution >= 0.6 is 0 Å². The standard InChI is InChI=1S/C20H37N3O5Si/c1-5-6-7-8-9-10-13-29(3,4)27-14-15-20(2,26)17(24)18(28-15)23-12-11-16(21)22-19(23)25/h11-12,15,17-18,24,26H,5-10,13-14H2,1-4H3,(H2,21,22,25)/t15-,17+,18+,20-/m1/s1. The Labute approximate surface area is 174 Å². The Balaban J connectivity index is 1.92. The Kier molecular flexibility index (Phi) is 8.42. The molecule has 0 bridgehead atoms. The summed E-state index contributed by atoms with van der Waals surface area (Å²) in [4.78, 5) is 15.8. The number of aliphatic hydroxyl groups excluding tert-OH is 1. The highest BCUT2D eigenvalue weighted by atomic mass is 28.4. The van der Waals surface area contributed by atoms with Crippen molar-refractivity contribution in [1.82, 2.24) is 9.55 Å². The molecule has 0 saturated carbocycles. The van der Waals surface area contributed by atoms with Crippen molar-refractivity contribution in [2.75, 3.05) is 12.3 Å². The molecule has 1 fully saturated rings. The number of hydrogen-bond acceptors (Lipinski definition) is 7. The van der Waals surface area contributed by atoms with Crippen LogP contribution in [0.1, 0.15) is 58.6 Å². The quantitative estimate of drug-likeness (QED) is 0.366. The Morgan fingerprint density at radius 1 is 1.31 bits per heavy atom. The average molecular weight is 428 g/mol. The van der Waals surface area contributed by atoms with Gasteiger partial charge in [0.05, 0.1) is 6.61 Å². The summed E-state index contributed by atoms with van der Waals surface area (Å²) in [6.45, 7) is 8.21. The molecule has 0 radical (unpaired) electrons. The summed E-state index contributed by atoms with van der Waals surface area (Å²) in [5.41, 5.74) is 3.34. The molecule has 0 spiro atoms. The molecule has 9 heteroatoms. The number of anilines is 1. The van der Waals surface area contributed by atoms with Crippen molar-refractivity contribution in [2.45, 2.75) is 95.5 Å². The van der Waals surface area contributed by atoms with Crippen molar-refractivity contribution >= 4 is 14.1 Å². The fraction of sp³-hybridized carbons (Fsp3) is 0.800. The average Bonchev–Trinajstić information content (AvgIpc) is 2.86. The summed E-state index contributed by atoms with van der Waals surface area (Å²) in [5, 5.41) is 21.4. The van der Waals surface area contributed by atoms with Crippen LogP contribution in [0.15, 0.2) is 17.1 Å². The van der Waals surface area contributed by atoms with Crippen LogP contribution in [0.3, 0.4) is 0 Å². The molecule has 1 aliphatic rings. The maximum atomic E-state index is 12.1. The molecule has 2 heterocycles. The number of nitrogen functional groups attached to an aromatic ring is 1. The minimum atomic E-state index is -1.91. The van der Waals surface area contributed by atoms with E-state index >= 15 is 0 Å². The molecular weight excluding hydrogens is 390 g/mol. The van der Waals surface area contributed by atoms with Crippen molar-refractivity contribution < 1.29 is 19.4 Å². The lowest BCUT2D eigenvalue weighted by atomic mass is 9.95. The first-order valence-corrected chi connectivity index (χ1v) is 13.7. The molecule has 0 aromatic carbocycles. The zero-order chi connectivity index (χ0) is 21.7. The minimum absolute atomic E-state index is 0.0906. The molecule has 0 amide bonds. The first-order valence-electron chi connectivity index (χ1n) is 10.6. The SMILES string of the molecule is CCCCCCCC[Si](C)(C)OC[C@H]1O[C@H](n2ccc(N)nc2=O)[C@H](O)[C@]1(C)O. The van der Waals surface area contributed by atoms with Crippen LogP contribution < -0.4 is 11.4 Å². The van der Waals surface area contributed by atoms with E-state index in [1.807, 2.05) is 0 Å². The van der Waals surface area contributed by atoms with E-state index in [1.165, 1.54) is 51.3 Å². The van der Waals surface area contributed by atoms with Gasteiger partial charge in [-0.15, -0.1) is 0 Å². The first-order chi connectivity index (χ1) is 13.6. The predicted molar refractivity (Wildman–Crippen MR) is 115 cm³/mol. The molecule has 29 heavy (non-hydrogen) atoms. The van der Waals surface area contributed by atoms with Crippen molar-refractivity contribution in [3.63, 3.8) is 0 Å². The number of nitrogens with zero attached hydrogens (tertiary/aromatic N) is 2. The van der Waals surface area contributed by atoms with Crippen LogP contribution in [0.4, 0.5) is 5.82 Å². The Morgan fingerprint density at radius 3 is 2.62 bits per heavy atom. The number of nitrogens with two attached hydrogens (primary N) is 1. The number of aliphatic hydroxyl groups is 2. The Morgan fingerprint density at radius 2 is 1.97 bits per heavy atom. The normalized spacial score (nSPS) is 27.4. The molecule has 8 nitrogen and oxygen atoms in total. The third-order valence-corrected chi connectivity index (χ3v) is 8.21. The molecule has 1 saturated heterocycles. The Bertz CT molecular complexity index is 710. The summed E-state index contributed by atoms with van der Waals surface area (Å²) in [7, 11) is -1.91. The van der Waals surface area contributed by atoms with Gasteiger partial charge < -0.3 is 25.1 Å². The molecule has 1 aliphatic heterocycles. The van der Waals surface area contributed by atoms with Gasteiger partial charge in [-0.2, -0.15) is 4.98 Å². The lowest BCUT2D eigenvalue weighted by molar-refractivity contribution is -0.0780. The third kappa shape index (κ3) is 6.36. The van der Waals surface area contributed by atoms with Gasteiger partial charge in [0.15, 0.2) is 14.5 Å². The summed E-state index contributed by atoms with van der Waals surface area (Å²) < 4.78 is 13.2. The summed E-state index contributed by atoms with van der Waals surface area (Å²) in [6, 6.07) is 2.49. The fourth-order valence-corrected chi connectivity index (χ4v) is 5.46. The number of unbranched alkanes of at least 4 members (excludes halogenated alkanes) is 5. The maximum absolute atomic E-state index is 12.1. The number of aromatic nitrogens is 2. The molecule has 1 aromatic rings. The molecule has 1 aromatic heterocycles. The summed E-state index contributed by atoms with van der Waals surface area (Å²) >= 11 is 0. The van der Waals surface area contributed by atoms with E-state index in [1.54, 1.807) is 0 Å². The van der Waals surface area contributed by atoms with E-state index in [-0.39, 0.29) is 12.4 Å². The van der Waals surface area contributed by atoms with Crippen molar-refractivity contribution in [2.24, 2.45) is 0 Å². The zero-order valence-corrected chi connectivity index (χ0v) is 19.1. The summed E-state index contributed by atoms with van der Waals surface area (Å²) in [5.74, 6) is 0.0906. The Hall–Kier alpha value is -1.26. The molecule has 4 N–H and O–H groups in total. The minimum Gasteiger partial charge on any atom is -0.415 e. The number of hydrogen-bond donors (Lipinski definition) is 3. The van der Waals surface area contributed by atoms with Crippen LogP contribution in [0.2, 0.25) is 19.1 Å². The van der Waals surface area contributed by atoms with E-state index < -0.39 is 38.0 Å². The van der Waals surface area contributed by atoms with E-state index in [9.17, 15) is 15.0 Å². The van der Waals surface area contributed by atoms with Crippen LogP contribution in [0.5, 0.6) is 0 Å². The van der Waals surface area contributed by atoms with Gasteiger partial charge in [-0.3, -0.25) is 4.57 Å². The second kappa shape index (κ2) is 10.2. The summed E-state index contributed by atoms with van der Waals surface area (Å²) in [6.07, 6.45) is 5.78. The lowest BCUT2D eigenvalue weighted by Crippen LogP contribution is -2.48. The van der Waals surface area contributed by atoms with Gasteiger partial charge in [0.1, 0.15) is 23.6 Å². The van der Waals surface area contributed by atoms with E-state index in [0.29, 0.717) is 0 Å². The van der Waals surface area contributed by atoms with Crippen LogP contribution in [-0.4, -0.2) is 52.5 Å². The fourth-order valence-electron chi connectivity index (χ4n) is 3.61. The second-order valence-electron chi connectivity index (χ2n) is 8.82. The highest BCUT2D eigenvalue weighted by Crippen LogP contribution is 2.37. The molecule has 0 unspecified atom stereocenters. The molecule has 0 aliphatic carbocycles. The molecule has 2 rings (SSSR count). The van der Waals surface area contributed by atoms with E-state index in [4.69, 9.17) is 14.9 Å². The van der Waals surface area contributed by atoms with Crippen LogP contribution in [0.25, 0.3) is 0 Å². The maximum Gasteiger partial charge on any atom is 0.351 e. The molecule has 4 atom stereocenters. The highest BCUT2D eigenvalue weighted by Gasteiger charge is 2.53. The molecule has 166 valence electrons. The smallest absolute Gasteiger partial charge is 0.351 e. The molecular formula is C20H37N3O5Si. The van der Waals surface area contributed by atoms with Crippen molar-refractivity contribution in [3.05, 3.63) is 22.7 Å². The van der Waals surface area contributed by atoms with Gasteiger partial charge in [0.25, 0.3) is 0 Å².